The maximum Gasteiger partial charge on any atom is 0.147 e. The minimum absolute atomic E-state index is 0.257. The van der Waals surface area contributed by atoms with Gasteiger partial charge in [-0.2, -0.15) is 0 Å². The van der Waals surface area contributed by atoms with Crippen molar-refractivity contribution >= 4 is 12.1 Å². The van der Waals surface area contributed by atoms with Crippen LogP contribution in [0, 0.1) is 0 Å². The molecule has 1 aromatic rings. The molecule has 0 bridgehead atoms. The Kier molecular flexibility index (Phi) is 2.20. The highest BCUT2D eigenvalue weighted by atomic mass is 16.1. The van der Waals surface area contributed by atoms with E-state index in [9.17, 15) is 4.79 Å². The van der Waals surface area contributed by atoms with E-state index < -0.39 is 0 Å². The zero-order valence-electron chi connectivity index (χ0n) is 6.56. The predicted molar refractivity (Wildman–Crippen MR) is 40.4 cm³/mol. The van der Waals surface area contributed by atoms with Gasteiger partial charge < -0.3 is 9.69 Å². The lowest BCUT2D eigenvalue weighted by molar-refractivity contribution is -0.108. The standard InChI is InChI=1S/C6H10N4O/c1-9(2)6-5-7-8-10(6)3-4-11/h4-5H,3H2,1-2H3. The number of aromatic nitrogens is 3. The van der Waals surface area contributed by atoms with Crippen molar-refractivity contribution in [3.8, 4) is 0 Å². The number of hydrogen-bond acceptors (Lipinski definition) is 4. The molecule has 0 saturated carbocycles. The van der Waals surface area contributed by atoms with Gasteiger partial charge in [-0.25, -0.2) is 4.68 Å². The van der Waals surface area contributed by atoms with E-state index in [1.54, 1.807) is 6.20 Å². The van der Waals surface area contributed by atoms with E-state index in [4.69, 9.17) is 0 Å². The first-order valence-corrected chi connectivity index (χ1v) is 3.25. The minimum Gasteiger partial charge on any atom is -0.362 e. The molecule has 11 heavy (non-hydrogen) atoms. The quantitative estimate of drug-likeness (QED) is 0.553. The second-order valence-corrected chi connectivity index (χ2v) is 2.34. The summed E-state index contributed by atoms with van der Waals surface area (Å²) < 4.78 is 1.53. The van der Waals surface area contributed by atoms with Crippen molar-refractivity contribution in [1.29, 1.82) is 0 Å². The number of nitrogens with zero attached hydrogens (tertiary/aromatic N) is 4. The van der Waals surface area contributed by atoms with E-state index in [1.807, 2.05) is 19.0 Å². The van der Waals surface area contributed by atoms with Gasteiger partial charge in [0.25, 0.3) is 0 Å². The van der Waals surface area contributed by atoms with Crippen LogP contribution in [0.3, 0.4) is 0 Å². The third-order valence-corrected chi connectivity index (χ3v) is 1.30. The third kappa shape index (κ3) is 1.54. The molecule has 1 rings (SSSR count). The molecule has 0 spiro atoms. The van der Waals surface area contributed by atoms with Gasteiger partial charge in [0, 0.05) is 14.1 Å². The van der Waals surface area contributed by atoms with Crippen molar-refractivity contribution in [3.63, 3.8) is 0 Å². The van der Waals surface area contributed by atoms with E-state index in [2.05, 4.69) is 10.3 Å². The Bertz CT molecular complexity index is 242. The number of hydrogen-bond donors (Lipinski definition) is 0. The summed E-state index contributed by atoms with van der Waals surface area (Å²) in [4.78, 5) is 12.0. The lowest BCUT2D eigenvalue weighted by Crippen LogP contribution is -2.15. The van der Waals surface area contributed by atoms with Gasteiger partial charge in [0.2, 0.25) is 0 Å². The lowest BCUT2D eigenvalue weighted by atomic mass is 10.6. The number of carbonyl (C=O) groups excluding carboxylic acids is 1. The van der Waals surface area contributed by atoms with E-state index >= 15 is 0 Å². The maximum absolute atomic E-state index is 10.1. The Hall–Kier alpha value is -1.39. The summed E-state index contributed by atoms with van der Waals surface area (Å²) >= 11 is 0. The average molecular weight is 154 g/mol. The summed E-state index contributed by atoms with van der Waals surface area (Å²) in [5, 5.41) is 7.40. The molecule has 5 heteroatoms. The van der Waals surface area contributed by atoms with Gasteiger partial charge >= 0.3 is 0 Å². The maximum atomic E-state index is 10.1. The molecular weight excluding hydrogens is 144 g/mol. The molecule has 5 nitrogen and oxygen atoms in total. The van der Waals surface area contributed by atoms with E-state index in [0.29, 0.717) is 0 Å². The highest BCUT2D eigenvalue weighted by Crippen LogP contribution is 2.05. The molecule has 0 aromatic carbocycles. The molecule has 0 aliphatic rings. The normalized spacial score (nSPS) is 9.64. The number of anilines is 1. The van der Waals surface area contributed by atoms with E-state index in [0.717, 1.165) is 12.1 Å². The Morgan fingerprint density at radius 1 is 1.73 bits per heavy atom. The van der Waals surface area contributed by atoms with Crippen LogP contribution >= 0.6 is 0 Å². The smallest absolute Gasteiger partial charge is 0.147 e. The first-order chi connectivity index (χ1) is 5.25. The SMILES string of the molecule is CN(C)c1cnnn1CC=O. The summed E-state index contributed by atoms with van der Waals surface area (Å²) in [6.45, 7) is 0.257. The van der Waals surface area contributed by atoms with Crippen LogP contribution in [-0.4, -0.2) is 35.4 Å². The molecule has 0 atom stereocenters. The van der Waals surface area contributed by atoms with Crippen LogP contribution in [-0.2, 0) is 11.3 Å². The van der Waals surface area contributed by atoms with E-state index in [1.165, 1.54) is 4.68 Å². The van der Waals surface area contributed by atoms with Crippen LogP contribution in [0.25, 0.3) is 0 Å². The molecule has 0 aliphatic heterocycles. The molecule has 0 saturated heterocycles. The lowest BCUT2D eigenvalue weighted by Gasteiger charge is -2.10. The summed E-state index contributed by atoms with van der Waals surface area (Å²) in [6.07, 6.45) is 2.41. The minimum atomic E-state index is 0.257. The van der Waals surface area contributed by atoms with Gasteiger partial charge in [0.15, 0.2) is 0 Å². The second kappa shape index (κ2) is 3.14. The average Bonchev–Trinajstić information content (AvgIpc) is 2.36. The summed E-state index contributed by atoms with van der Waals surface area (Å²) in [5.74, 6) is 0.831. The first kappa shape index (κ1) is 7.71. The zero-order valence-corrected chi connectivity index (χ0v) is 6.56. The van der Waals surface area contributed by atoms with Crippen LogP contribution in [0.1, 0.15) is 0 Å². The van der Waals surface area contributed by atoms with Crippen molar-refractivity contribution < 1.29 is 4.79 Å². The molecule has 60 valence electrons. The van der Waals surface area contributed by atoms with Gasteiger partial charge in [0.1, 0.15) is 18.6 Å². The van der Waals surface area contributed by atoms with Crippen LogP contribution in [0.5, 0.6) is 0 Å². The second-order valence-electron chi connectivity index (χ2n) is 2.34. The Balaban J connectivity index is 2.86. The molecule has 0 N–H and O–H groups in total. The van der Waals surface area contributed by atoms with Gasteiger partial charge in [0.05, 0.1) is 6.20 Å². The molecule has 1 aromatic heterocycles. The molecule has 0 amide bonds. The van der Waals surface area contributed by atoms with E-state index in [-0.39, 0.29) is 6.54 Å². The summed E-state index contributed by atoms with van der Waals surface area (Å²) in [6, 6.07) is 0. The zero-order chi connectivity index (χ0) is 8.27. The molecule has 0 radical (unpaired) electrons. The Labute approximate surface area is 64.6 Å². The fourth-order valence-corrected chi connectivity index (χ4v) is 0.799. The molecular formula is C6H10N4O. The first-order valence-electron chi connectivity index (χ1n) is 3.25. The fraction of sp³-hybridized carbons (Fsp3) is 0.500. The number of aldehydes is 1. The molecule has 0 fully saturated rings. The summed E-state index contributed by atoms with van der Waals surface area (Å²) in [7, 11) is 3.75. The predicted octanol–water partition coefficient (Wildman–Crippen LogP) is -0.457. The number of rotatable bonds is 3. The van der Waals surface area contributed by atoms with Crippen molar-refractivity contribution in [2.75, 3.05) is 19.0 Å². The van der Waals surface area contributed by atoms with Gasteiger partial charge in [-0.15, -0.1) is 5.10 Å². The van der Waals surface area contributed by atoms with Crippen molar-refractivity contribution in [2.45, 2.75) is 6.54 Å². The Morgan fingerprint density at radius 3 is 3.00 bits per heavy atom. The Morgan fingerprint density at radius 2 is 2.45 bits per heavy atom. The van der Waals surface area contributed by atoms with Crippen molar-refractivity contribution in [3.05, 3.63) is 6.20 Å². The molecule has 0 unspecified atom stereocenters. The van der Waals surface area contributed by atoms with Crippen molar-refractivity contribution in [2.24, 2.45) is 0 Å². The van der Waals surface area contributed by atoms with Crippen LogP contribution in [0.15, 0.2) is 6.20 Å². The summed E-state index contributed by atoms with van der Waals surface area (Å²) in [5.41, 5.74) is 0. The highest BCUT2D eigenvalue weighted by molar-refractivity contribution is 5.50. The van der Waals surface area contributed by atoms with Gasteiger partial charge in [-0.1, -0.05) is 5.21 Å². The topological polar surface area (TPSA) is 51.0 Å². The third-order valence-electron chi connectivity index (χ3n) is 1.30. The van der Waals surface area contributed by atoms with Crippen LogP contribution in [0.4, 0.5) is 5.82 Å². The fourth-order valence-electron chi connectivity index (χ4n) is 0.799. The van der Waals surface area contributed by atoms with Gasteiger partial charge in [-0.3, -0.25) is 0 Å². The molecule has 0 aliphatic carbocycles. The van der Waals surface area contributed by atoms with Crippen LogP contribution < -0.4 is 4.90 Å². The monoisotopic (exact) mass is 154 g/mol. The number of carbonyl (C=O) groups is 1. The van der Waals surface area contributed by atoms with Gasteiger partial charge in [-0.05, 0) is 0 Å². The molecule has 1 heterocycles. The van der Waals surface area contributed by atoms with Crippen LogP contribution in [0.2, 0.25) is 0 Å². The van der Waals surface area contributed by atoms with Crippen molar-refractivity contribution in [1.82, 2.24) is 15.0 Å². The largest absolute Gasteiger partial charge is 0.362 e. The highest BCUT2D eigenvalue weighted by Gasteiger charge is 2.03.